The normalized spacial score (nSPS) is 30.9. The van der Waals surface area contributed by atoms with Gasteiger partial charge in [-0.3, -0.25) is 10.1 Å². The van der Waals surface area contributed by atoms with Gasteiger partial charge >= 0.3 is 5.97 Å². The molecule has 3 N–H and O–H groups in total. The summed E-state index contributed by atoms with van der Waals surface area (Å²) in [5.74, 6) is 0.397. The van der Waals surface area contributed by atoms with E-state index in [1.54, 1.807) is 11.8 Å². The van der Waals surface area contributed by atoms with E-state index in [9.17, 15) is 9.90 Å². The Bertz CT molecular complexity index is 351. The highest BCUT2D eigenvalue weighted by molar-refractivity contribution is 7.99. The number of thioether (sulfide) groups is 1. The lowest BCUT2D eigenvalue weighted by Gasteiger charge is -2.39. The highest BCUT2D eigenvalue weighted by atomic mass is 32.2. The lowest BCUT2D eigenvalue weighted by Crippen LogP contribution is -2.57. The summed E-state index contributed by atoms with van der Waals surface area (Å²) < 4.78 is 5.31. The summed E-state index contributed by atoms with van der Waals surface area (Å²) >= 11 is 1.66. The fraction of sp³-hybridized carbons (Fsp3) is 0.933. The maximum atomic E-state index is 12.4. The zero-order valence-corrected chi connectivity index (χ0v) is 13.5. The Hall–Kier alpha value is -0.300. The first kappa shape index (κ1) is 17.1. The predicted molar refractivity (Wildman–Crippen MR) is 83.3 cm³/mol. The summed E-state index contributed by atoms with van der Waals surface area (Å²) in [7, 11) is 0. The molecule has 0 aromatic carbocycles. The van der Waals surface area contributed by atoms with Crippen molar-refractivity contribution in [3.05, 3.63) is 0 Å². The molecule has 6 heteroatoms. The number of nitrogens with one attached hydrogen (secondary N) is 1. The Labute approximate surface area is 130 Å². The molecule has 0 aliphatic heterocycles. The van der Waals surface area contributed by atoms with Crippen LogP contribution in [0.15, 0.2) is 0 Å². The number of aliphatic hydroxyl groups excluding tert-OH is 2. The molecule has 2 rings (SSSR count). The zero-order chi connectivity index (χ0) is 15.3. The van der Waals surface area contributed by atoms with Gasteiger partial charge in [-0.2, -0.15) is 11.8 Å². The molecular weight excluding hydrogens is 290 g/mol. The summed E-state index contributed by atoms with van der Waals surface area (Å²) in [6.45, 7) is 2.05. The third-order valence-corrected chi connectivity index (χ3v) is 5.62. The zero-order valence-electron chi connectivity index (χ0n) is 12.7. The number of carbonyl (C=O) groups is 1. The van der Waals surface area contributed by atoms with Crippen LogP contribution in [0, 0.1) is 0 Å². The van der Waals surface area contributed by atoms with Crippen molar-refractivity contribution >= 4 is 17.7 Å². The fourth-order valence-corrected chi connectivity index (χ4v) is 4.26. The van der Waals surface area contributed by atoms with E-state index in [2.05, 4.69) is 5.32 Å². The molecule has 2 fully saturated rings. The summed E-state index contributed by atoms with van der Waals surface area (Å²) in [5, 5.41) is 22.2. The molecule has 0 saturated heterocycles. The van der Waals surface area contributed by atoms with Gasteiger partial charge in [0.25, 0.3) is 0 Å². The lowest BCUT2D eigenvalue weighted by molar-refractivity contribution is -0.152. The molecule has 2 aliphatic rings. The van der Waals surface area contributed by atoms with Gasteiger partial charge in [0.05, 0.1) is 19.3 Å². The van der Waals surface area contributed by atoms with E-state index < -0.39 is 11.6 Å². The molecule has 21 heavy (non-hydrogen) atoms. The van der Waals surface area contributed by atoms with Gasteiger partial charge in [-0.25, -0.2) is 0 Å². The summed E-state index contributed by atoms with van der Waals surface area (Å²) in [5.41, 5.74) is -0.544. The van der Waals surface area contributed by atoms with Gasteiger partial charge in [0.1, 0.15) is 5.54 Å². The molecule has 3 atom stereocenters. The van der Waals surface area contributed by atoms with Gasteiger partial charge in [-0.1, -0.05) is 0 Å². The Balaban J connectivity index is 1.96. The van der Waals surface area contributed by atoms with Crippen LogP contribution in [0.5, 0.6) is 0 Å². The van der Waals surface area contributed by atoms with Crippen molar-refractivity contribution in [3.8, 4) is 0 Å². The average molecular weight is 317 g/mol. The van der Waals surface area contributed by atoms with E-state index in [-0.39, 0.29) is 12.6 Å². The minimum absolute atomic E-state index is 0.120. The highest BCUT2D eigenvalue weighted by Gasteiger charge is 2.46. The van der Waals surface area contributed by atoms with Crippen LogP contribution in [0.25, 0.3) is 0 Å². The Kier molecular flexibility index (Phi) is 6.34. The quantitative estimate of drug-likeness (QED) is 0.581. The molecule has 2 saturated carbocycles. The number of hydrogen-bond donors (Lipinski definition) is 3. The predicted octanol–water partition coefficient (Wildman–Crippen LogP) is 1.07. The van der Waals surface area contributed by atoms with Gasteiger partial charge in [-0.15, -0.1) is 0 Å². The molecule has 0 amide bonds. The Morgan fingerprint density at radius 3 is 2.86 bits per heavy atom. The van der Waals surface area contributed by atoms with Gasteiger partial charge in [0, 0.05) is 17.0 Å². The van der Waals surface area contributed by atoms with Crippen molar-refractivity contribution in [3.63, 3.8) is 0 Å². The standard InChI is InChI=1S/C15H27NO4S/c1-2-20-14(19)15(16-11-5-6-11)7-3-4-13(8-15)21-10-12(18)9-17/h11-13,16-18H,2-10H2,1H3. The van der Waals surface area contributed by atoms with Gasteiger partial charge in [0.2, 0.25) is 0 Å². The number of esters is 1. The minimum Gasteiger partial charge on any atom is -0.465 e. The second kappa shape index (κ2) is 7.81. The first-order chi connectivity index (χ1) is 10.1. The number of aliphatic hydroxyl groups is 2. The van der Waals surface area contributed by atoms with Crippen LogP contribution in [-0.2, 0) is 9.53 Å². The second-order valence-electron chi connectivity index (χ2n) is 6.11. The third-order valence-electron chi connectivity index (χ3n) is 4.16. The fourth-order valence-electron chi connectivity index (χ4n) is 2.93. The van der Waals surface area contributed by atoms with Gasteiger partial charge in [0.15, 0.2) is 0 Å². The number of carbonyl (C=O) groups excluding carboxylic acids is 1. The molecule has 5 nitrogen and oxygen atoms in total. The monoisotopic (exact) mass is 317 g/mol. The molecule has 0 spiro atoms. The van der Waals surface area contributed by atoms with Crippen molar-refractivity contribution in [2.24, 2.45) is 0 Å². The Morgan fingerprint density at radius 1 is 1.48 bits per heavy atom. The highest BCUT2D eigenvalue weighted by Crippen LogP contribution is 2.38. The van der Waals surface area contributed by atoms with Crippen LogP contribution in [0.4, 0.5) is 0 Å². The van der Waals surface area contributed by atoms with Crippen molar-refractivity contribution in [1.82, 2.24) is 5.32 Å². The SMILES string of the molecule is CCOC(=O)C1(NC2CC2)CCCC(SCC(O)CO)C1. The molecule has 0 aromatic heterocycles. The summed E-state index contributed by atoms with van der Waals surface area (Å²) in [6, 6.07) is 0.459. The van der Waals surface area contributed by atoms with Gasteiger partial charge in [-0.05, 0) is 45.4 Å². The van der Waals surface area contributed by atoms with E-state index in [0.29, 0.717) is 23.7 Å². The lowest BCUT2D eigenvalue weighted by atomic mass is 9.81. The van der Waals surface area contributed by atoms with Crippen LogP contribution in [0.3, 0.4) is 0 Å². The van der Waals surface area contributed by atoms with Crippen molar-refractivity contribution in [2.75, 3.05) is 19.0 Å². The first-order valence-electron chi connectivity index (χ1n) is 7.95. The smallest absolute Gasteiger partial charge is 0.326 e. The molecule has 0 aromatic rings. The first-order valence-corrected chi connectivity index (χ1v) is 9.00. The van der Waals surface area contributed by atoms with E-state index in [4.69, 9.17) is 9.84 Å². The van der Waals surface area contributed by atoms with E-state index >= 15 is 0 Å². The molecule has 0 bridgehead atoms. The largest absolute Gasteiger partial charge is 0.465 e. The van der Waals surface area contributed by atoms with Crippen LogP contribution in [0.1, 0.15) is 45.4 Å². The molecule has 122 valence electrons. The average Bonchev–Trinajstić information content (AvgIpc) is 3.29. The number of rotatable bonds is 8. The number of hydrogen-bond acceptors (Lipinski definition) is 6. The number of ether oxygens (including phenoxy) is 1. The molecule has 0 radical (unpaired) electrons. The Morgan fingerprint density at radius 2 is 2.24 bits per heavy atom. The van der Waals surface area contributed by atoms with Crippen molar-refractivity contribution < 1.29 is 19.7 Å². The van der Waals surface area contributed by atoms with E-state index in [1.165, 1.54) is 0 Å². The topological polar surface area (TPSA) is 78.8 Å². The van der Waals surface area contributed by atoms with Crippen molar-refractivity contribution in [2.45, 2.75) is 68.4 Å². The molecule has 2 aliphatic carbocycles. The molecule has 3 unspecified atom stereocenters. The third kappa shape index (κ3) is 4.84. The maximum Gasteiger partial charge on any atom is 0.326 e. The summed E-state index contributed by atoms with van der Waals surface area (Å²) in [6.07, 6.45) is 5.24. The van der Waals surface area contributed by atoms with Crippen LogP contribution < -0.4 is 5.32 Å². The van der Waals surface area contributed by atoms with Crippen LogP contribution in [0.2, 0.25) is 0 Å². The second-order valence-corrected chi connectivity index (χ2v) is 7.44. The molecule has 0 heterocycles. The van der Waals surface area contributed by atoms with Crippen LogP contribution in [-0.4, -0.2) is 58.1 Å². The van der Waals surface area contributed by atoms with Gasteiger partial charge < -0.3 is 14.9 Å². The van der Waals surface area contributed by atoms with Crippen LogP contribution >= 0.6 is 11.8 Å². The summed E-state index contributed by atoms with van der Waals surface area (Å²) in [4.78, 5) is 12.4. The molecular formula is C15H27NO4S. The minimum atomic E-state index is -0.676. The maximum absolute atomic E-state index is 12.4. The van der Waals surface area contributed by atoms with E-state index in [0.717, 1.165) is 38.5 Å². The van der Waals surface area contributed by atoms with E-state index in [1.807, 2.05) is 6.92 Å². The van der Waals surface area contributed by atoms with Crippen molar-refractivity contribution in [1.29, 1.82) is 0 Å².